The van der Waals surface area contributed by atoms with Crippen LogP contribution in [0, 0.1) is 0 Å². The van der Waals surface area contributed by atoms with Crippen LogP contribution in [0.5, 0.6) is 0 Å². The van der Waals surface area contributed by atoms with E-state index in [1.165, 1.54) is 6.20 Å². The maximum atomic E-state index is 12.7. The molecule has 0 radical (unpaired) electrons. The Balaban J connectivity index is 1.88. The summed E-state index contributed by atoms with van der Waals surface area (Å²) in [5, 5.41) is 15.3. The monoisotopic (exact) mass is 380 g/mol. The number of aryl methyl sites for hydroxylation is 1. The SMILES string of the molecule is CCNC(=O)Nc1cc(Nc2ccn(C)n2)c(C(=O)Nc2cccnc2)cn1. The van der Waals surface area contributed by atoms with Gasteiger partial charge in [0.05, 0.1) is 23.1 Å². The van der Waals surface area contributed by atoms with E-state index in [1.54, 1.807) is 54.6 Å². The van der Waals surface area contributed by atoms with Crippen molar-refractivity contribution in [2.75, 3.05) is 22.5 Å². The number of urea groups is 1. The lowest BCUT2D eigenvalue weighted by molar-refractivity contribution is 0.102. The number of anilines is 4. The normalized spacial score (nSPS) is 10.2. The summed E-state index contributed by atoms with van der Waals surface area (Å²) in [6, 6.07) is 6.41. The van der Waals surface area contributed by atoms with Crippen LogP contribution in [0.15, 0.2) is 49.1 Å². The molecule has 0 fully saturated rings. The summed E-state index contributed by atoms with van der Waals surface area (Å²) in [5.41, 5.74) is 1.29. The Bertz CT molecular complexity index is 971. The molecule has 144 valence electrons. The second-order valence-corrected chi connectivity index (χ2v) is 5.80. The van der Waals surface area contributed by atoms with Gasteiger partial charge in [0.1, 0.15) is 5.82 Å². The van der Waals surface area contributed by atoms with Crippen molar-refractivity contribution in [2.24, 2.45) is 7.05 Å². The van der Waals surface area contributed by atoms with Gasteiger partial charge in [0.25, 0.3) is 5.91 Å². The van der Waals surface area contributed by atoms with Crippen molar-refractivity contribution in [3.8, 4) is 0 Å². The maximum Gasteiger partial charge on any atom is 0.320 e. The van der Waals surface area contributed by atoms with Gasteiger partial charge in [-0.15, -0.1) is 0 Å². The molecule has 0 spiro atoms. The fourth-order valence-electron chi connectivity index (χ4n) is 2.38. The van der Waals surface area contributed by atoms with Crippen LogP contribution in [-0.2, 0) is 7.05 Å². The molecule has 3 aromatic rings. The van der Waals surface area contributed by atoms with Crippen LogP contribution in [0.4, 0.5) is 27.8 Å². The highest BCUT2D eigenvalue weighted by Crippen LogP contribution is 2.23. The molecule has 10 nitrogen and oxygen atoms in total. The predicted octanol–water partition coefficient (Wildman–Crippen LogP) is 2.35. The lowest BCUT2D eigenvalue weighted by Crippen LogP contribution is -2.28. The first-order chi connectivity index (χ1) is 13.5. The molecule has 3 amide bonds. The van der Waals surface area contributed by atoms with E-state index in [-0.39, 0.29) is 17.5 Å². The molecule has 0 aromatic carbocycles. The number of nitrogens with zero attached hydrogens (tertiary/aromatic N) is 4. The Morgan fingerprint density at radius 1 is 1.14 bits per heavy atom. The number of aromatic nitrogens is 4. The van der Waals surface area contributed by atoms with Gasteiger partial charge in [-0.05, 0) is 19.1 Å². The molecular formula is C18H20N8O2. The average Bonchev–Trinajstić information content (AvgIpc) is 3.07. The van der Waals surface area contributed by atoms with Gasteiger partial charge in [0.2, 0.25) is 0 Å². The smallest absolute Gasteiger partial charge is 0.320 e. The van der Waals surface area contributed by atoms with E-state index in [4.69, 9.17) is 0 Å². The molecule has 3 rings (SSSR count). The van der Waals surface area contributed by atoms with Gasteiger partial charge >= 0.3 is 6.03 Å². The van der Waals surface area contributed by atoms with E-state index < -0.39 is 0 Å². The van der Waals surface area contributed by atoms with E-state index in [1.807, 2.05) is 6.92 Å². The Labute approximate surface area is 161 Å². The number of rotatable bonds is 6. The Morgan fingerprint density at radius 3 is 2.68 bits per heavy atom. The molecule has 3 heterocycles. The van der Waals surface area contributed by atoms with Crippen LogP contribution in [0.1, 0.15) is 17.3 Å². The molecule has 0 atom stereocenters. The van der Waals surface area contributed by atoms with E-state index >= 15 is 0 Å². The van der Waals surface area contributed by atoms with Crippen LogP contribution in [-0.4, -0.2) is 38.2 Å². The first-order valence-electron chi connectivity index (χ1n) is 8.58. The lowest BCUT2D eigenvalue weighted by Gasteiger charge is -2.13. The van der Waals surface area contributed by atoms with Gasteiger partial charge in [-0.1, -0.05) is 0 Å². The van der Waals surface area contributed by atoms with Crippen LogP contribution in [0.2, 0.25) is 0 Å². The van der Waals surface area contributed by atoms with Gasteiger partial charge in [0.15, 0.2) is 5.82 Å². The van der Waals surface area contributed by atoms with Crippen LogP contribution < -0.4 is 21.3 Å². The summed E-state index contributed by atoms with van der Waals surface area (Å²) >= 11 is 0. The van der Waals surface area contributed by atoms with Crippen LogP contribution >= 0.6 is 0 Å². The minimum atomic E-state index is -0.383. The lowest BCUT2D eigenvalue weighted by atomic mass is 10.2. The van der Waals surface area contributed by atoms with Crippen molar-refractivity contribution >= 4 is 34.9 Å². The highest BCUT2D eigenvalue weighted by molar-refractivity contribution is 6.08. The minimum Gasteiger partial charge on any atom is -0.338 e. The van der Waals surface area contributed by atoms with Crippen molar-refractivity contribution in [1.29, 1.82) is 0 Å². The molecule has 4 N–H and O–H groups in total. The fraction of sp³-hybridized carbons (Fsp3) is 0.167. The van der Waals surface area contributed by atoms with E-state index in [2.05, 4.69) is 36.3 Å². The third kappa shape index (κ3) is 4.81. The Kier molecular flexibility index (Phi) is 5.80. The number of pyridine rings is 2. The summed E-state index contributed by atoms with van der Waals surface area (Å²) in [7, 11) is 1.79. The molecule has 0 unspecified atom stereocenters. The van der Waals surface area contributed by atoms with E-state index in [0.717, 1.165) is 0 Å². The van der Waals surface area contributed by atoms with Crippen molar-refractivity contribution in [2.45, 2.75) is 6.92 Å². The largest absolute Gasteiger partial charge is 0.338 e. The number of carbonyl (C=O) groups is 2. The number of carbonyl (C=O) groups excluding carboxylic acids is 2. The predicted molar refractivity (Wildman–Crippen MR) is 106 cm³/mol. The zero-order valence-electron chi connectivity index (χ0n) is 15.4. The zero-order valence-corrected chi connectivity index (χ0v) is 15.4. The molecule has 0 saturated heterocycles. The van der Waals surface area contributed by atoms with Crippen LogP contribution in [0.25, 0.3) is 0 Å². The average molecular weight is 380 g/mol. The standard InChI is InChI=1S/C18H20N8O2/c1-3-20-18(28)24-16-9-14(23-15-6-8-26(2)25-15)13(11-21-16)17(27)22-12-5-4-7-19-10-12/h4-11H,3H2,1-2H3,(H,22,27)(H3,20,21,23,24,25,28). The number of hydrogen-bond donors (Lipinski definition) is 4. The number of nitrogens with one attached hydrogen (secondary N) is 4. The second kappa shape index (κ2) is 8.62. The Hall–Kier alpha value is -3.95. The first-order valence-corrected chi connectivity index (χ1v) is 8.58. The number of hydrogen-bond acceptors (Lipinski definition) is 6. The molecule has 3 aromatic heterocycles. The topological polar surface area (TPSA) is 126 Å². The molecule has 0 aliphatic heterocycles. The summed E-state index contributed by atoms with van der Waals surface area (Å²) in [6.07, 6.45) is 6.32. The first kappa shape index (κ1) is 18.8. The van der Waals surface area contributed by atoms with Gasteiger partial charge in [-0.25, -0.2) is 9.78 Å². The van der Waals surface area contributed by atoms with Crippen molar-refractivity contribution in [3.05, 3.63) is 54.6 Å². The highest BCUT2D eigenvalue weighted by Gasteiger charge is 2.15. The highest BCUT2D eigenvalue weighted by atomic mass is 16.2. The Morgan fingerprint density at radius 2 is 2.00 bits per heavy atom. The van der Waals surface area contributed by atoms with Gasteiger partial charge in [-0.2, -0.15) is 5.10 Å². The summed E-state index contributed by atoms with van der Waals surface area (Å²) in [4.78, 5) is 32.6. The van der Waals surface area contributed by atoms with Crippen molar-refractivity contribution in [1.82, 2.24) is 25.1 Å². The quantitative estimate of drug-likeness (QED) is 0.520. The summed E-state index contributed by atoms with van der Waals surface area (Å²) < 4.78 is 1.63. The molecule has 0 aliphatic rings. The molecule has 10 heteroatoms. The fourth-order valence-corrected chi connectivity index (χ4v) is 2.38. The second-order valence-electron chi connectivity index (χ2n) is 5.80. The van der Waals surface area contributed by atoms with Gasteiger partial charge in [0, 0.05) is 44.3 Å². The van der Waals surface area contributed by atoms with Gasteiger partial charge in [-0.3, -0.25) is 19.8 Å². The zero-order chi connectivity index (χ0) is 19.9. The van der Waals surface area contributed by atoms with E-state index in [0.29, 0.717) is 29.6 Å². The molecule has 28 heavy (non-hydrogen) atoms. The summed E-state index contributed by atoms with van der Waals surface area (Å²) in [6.45, 7) is 2.30. The van der Waals surface area contributed by atoms with Crippen LogP contribution in [0.3, 0.4) is 0 Å². The molecular weight excluding hydrogens is 360 g/mol. The van der Waals surface area contributed by atoms with Crippen molar-refractivity contribution in [3.63, 3.8) is 0 Å². The molecule has 0 saturated carbocycles. The van der Waals surface area contributed by atoms with Gasteiger partial charge < -0.3 is 16.0 Å². The third-order valence-corrected chi connectivity index (χ3v) is 3.62. The van der Waals surface area contributed by atoms with Crippen molar-refractivity contribution < 1.29 is 9.59 Å². The molecule has 0 aliphatic carbocycles. The number of amides is 3. The molecule has 0 bridgehead atoms. The summed E-state index contributed by atoms with van der Waals surface area (Å²) in [5.74, 6) is 0.471. The minimum absolute atomic E-state index is 0.288. The maximum absolute atomic E-state index is 12.7. The van der Waals surface area contributed by atoms with E-state index in [9.17, 15) is 9.59 Å². The third-order valence-electron chi connectivity index (χ3n) is 3.62.